The van der Waals surface area contributed by atoms with Crippen LogP contribution in [0.1, 0.15) is 35.7 Å². The third kappa shape index (κ3) is 3.78. The smallest absolute Gasteiger partial charge is 0.147 e. The van der Waals surface area contributed by atoms with Gasteiger partial charge in [-0.15, -0.1) is 0 Å². The lowest BCUT2D eigenvalue weighted by atomic mass is 9.98. The summed E-state index contributed by atoms with van der Waals surface area (Å²) in [5.74, 6) is 1.43. The van der Waals surface area contributed by atoms with Gasteiger partial charge in [-0.1, -0.05) is 6.92 Å². The number of likely N-dealkylation sites (N-methyl/N-ethyl adjacent to an activating group) is 2. The highest BCUT2D eigenvalue weighted by molar-refractivity contribution is 5.26. The van der Waals surface area contributed by atoms with E-state index in [0.717, 1.165) is 43.3 Å². The number of hydrogen-bond acceptors (Lipinski definition) is 5. The average molecular weight is 291 g/mol. The quantitative estimate of drug-likeness (QED) is 0.902. The Balaban J connectivity index is 2.26. The van der Waals surface area contributed by atoms with Crippen LogP contribution in [0.3, 0.4) is 0 Å². The summed E-state index contributed by atoms with van der Waals surface area (Å²) in [6.07, 6.45) is 0.967. The van der Waals surface area contributed by atoms with Gasteiger partial charge in [0.2, 0.25) is 0 Å². The van der Waals surface area contributed by atoms with Gasteiger partial charge in [0.05, 0.1) is 6.04 Å². The van der Waals surface area contributed by atoms with E-state index in [2.05, 4.69) is 44.7 Å². The number of piperazine rings is 1. The van der Waals surface area contributed by atoms with E-state index in [0.29, 0.717) is 18.5 Å². The predicted molar refractivity (Wildman–Crippen MR) is 86.3 cm³/mol. The van der Waals surface area contributed by atoms with Gasteiger partial charge in [-0.05, 0) is 52.4 Å². The van der Waals surface area contributed by atoms with E-state index in [9.17, 15) is 0 Å². The van der Waals surface area contributed by atoms with E-state index in [1.165, 1.54) is 5.56 Å². The minimum atomic E-state index is 0.294. The Morgan fingerprint density at radius 2 is 1.81 bits per heavy atom. The van der Waals surface area contributed by atoms with Gasteiger partial charge in [-0.3, -0.25) is 4.90 Å². The van der Waals surface area contributed by atoms with Crippen LogP contribution in [0.4, 0.5) is 0 Å². The molecular weight excluding hydrogens is 262 g/mol. The van der Waals surface area contributed by atoms with Gasteiger partial charge in [0.1, 0.15) is 5.82 Å². The van der Waals surface area contributed by atoms with Crippen LogP contribution < -0.4 is 5.73 Å². The van der Waals surface area contributed by atoms with E-state index in [4.69, 9.17) is 15.7 Å². The van der Waals surface area contributed by atoms with Gasteiger partial charge in [0, 0.05) is 31.0 Å². The van der Waals surface area contributed by atoms with Crippen molar-refractivity contribution in [3.63, 3.8) is 0 Å². The van der Waals surface area contributed by atoms with Crippen LogP contribution in [-0.4, -0.2) is 60.0 Å². The zero-order valence-corrected chi connectivity index (χ0v) is 14.1. The second-order valence-corrected chi connectivity index (χ2v) is 6.53. The second kappa shape index (κ2) is 6.81. The van der Waals surface area contributed by atoms with Crippen LogP contribution in [-0.2, 0) is 6.42 Å². The van der Waals surface area contributed by atoms with Crippen molar-refractivity contribution in [2.24, 2.45) is 11.7 Å². The van der Waals surface area contributed by atoms with Crippen molar-refractivity contribution in [3.05, 3.63) is 22.8 Å². The summed E-state index contributed by atoms with van der Waals surface area (Å²) >= 11 is 0. The highest BCUT2D eigenvalue weighted by Crippen LogP contribution is 2.23. The molecule has 118 valence electrons. The fourth-order valence-corrected chi connectivity index (χ4v) is 2.93. The molecule has 5 nitrogen and oxygen atoms in total. The highest BCUT2D eigenvalue weighted by atomic mass is 15.3. The monoisotopic (exact) mass is 291 g/mol. The normalized spacial score (nSPS) is 22.5. The van der Waals surface area contributed by atoms with Gasteiger partial charge >= 0.3 is 0 Å². The molecule has 2 atom stereocenters. The van der Waals surface area contributed by atoms with Crippen LogP contribution >= 0.6 is 0 Å². The van der Waals surface area contributed by atoms with E-state index >= 15 is 0 Å². The van der Waals surface area contributed by atoms with Crippen molar-refractivity contribution in [2.45, 2.75) is 33.2 Å². The van der Waals surface area contributed by atoms with E-state index in [1.807, 2.05) is 0 Å². The molecule has 0 saturated carbocycles. The average Bonchev–Trinajstić information content (AvgIpc) is 2.44. The Hall–Kier alpha value is -1.04. The summed E-state index contributed by atoms with van der Waals surface area (Å²) in [5, 5.41) is 0. The maximum atomic E-state index is 5.75. The molecule has 1 aromatic rings. The number of nitrogens with zero attached hydrogens (tertiary/aromatic N) is 4. The third-order valence-electron chi connectivity index (χ3n) is 4.54. The van der Waals surface area contributed by atoms with E-state index in [-0.39, 0.29) is 0 Å². The van der Waals surface area contributed by atoms with E-state index < -0.39 is 0 Å². The van der Waals surface area contributed by atoms with Crippen molar-refractivity contribution in [2.75, 3.05) is 40.3 Å². The van der Waals surface area contributed by atoms with Gasteiger partial charge in [-0.25, -0.2) is 9.97 Å². The van der Waals surface area contributed by atoms with Gasteiger partial charge in [0.25, 0.3) is 0 Å². The number of aromatic nitrogens is 2. The lowest BCUT2D eigenvalue weighted by Crippen LogP contribution is -2.45. The fraction of sp³-hybridized carbons (Fsp3) is 0.750. The number of nitrogens with two attached hydrogens (primary N) is 1. The predicted octanol–water partition coefficient (Wildman–Crippen LogP) is 1.15. The maximum absolute atomic E-state index is 5.75. The van der Waals surface area contributed by atoms with Gasteiger partial charge in [0.15, 0.2) is 0 Å². The number of hydrogen-bond donors (Lipinski definition) is 1. The van der Waals surface area contributed by atoms with Crippen molar-refractivity contribution >= 4 is 0 Å². The molecule has 0 bridgehead atoms. The number of aryl methyl sites for hydroxylation is 2. The minimum Gasteiger partial charge on any atom is -0.330 e. The summed E-state index contributed by atoms with van der Waals surface area (Å²) < 4.78 is 0. The molecule has 2 unspecified atom stereocenters. The summed E-state index contributed by atoms with van der Waals surface area (Å²) in [6.45, 7) is 10.2. The molecule has 2 heterocycles. The zero-order chi connectivity index (χ0) is 15.6. The SMILES string of the molecule is Cc1nc(C2CN(C)CCN2C)nc(C)c1CC(C)CN. The fourth-order valence-electron chi connectivity index (χ4n) is 2.93. The molecule has 5 heteroatoms. The van der Waals surface area contributed by atoms with Crippen LogP contribution in [0.25, 0.3) is 0 Å². The van der Waals surface area contributed by atoms with Crippen molar-refractivity contribution in [3.8, 4) is 0 Å². The van der Waals surface area contributed by atoms with Crippen molar-refractivity contribution in [1.82, 2.24) is 19.8 Å². The zero-order valence-electron chi connectivity index (χ0n) is 14.1. The first-order valence-electron chi connectivity index (χ1n) is 7.85. The van der Waals surface area contributed by atoms with Gasteiger partial charge in [-0.2, -0.15) is 0 Å². The molecule has 0 spiro atoms. The molecule has 2 N–H and O–H groups in total. The first kappa shape index (κ1) is 16.3. The summed E-state index contributed by atoms with van der Waals surface area (Å²) in [7, 11) is 4.33. The molecule has 1 aromatic heterocycles. The van der Waals surface area contributed by atoms with Crippen LogP contribution in [0, 0.1) is 19.8 Å². The van der Waals surface area contributed by atoms with Crippen LogP contribution in [0.2, 0.25) is 0 Å². The van der Waals surface area contributed by atoms with Crippen molar-refractivity contribution in [1.29, 1.82) is 0 Å². The Bertz CT molecular complexity index is 465. The molecule has 0 aliphatic carbocycles. The Labute approximate surface area is 128 Å². The molecule has 0 amide bonds. The first-order chi connectivity index (χ1) is 9.92. The third-order valence-corrected chi connectivity index (χ3v) is 4.54. The molecule has 1 aliphatic rings. The minimum absolute atomic E-state index is 0.294. The van der Waals surface area contributed by atoms with Crippen LogP contribution in [0.15, 0.2) is 0 Å². The standard InChI is InChI=1S/C16H29N5/c1-11(9-17)8-14-12(2)18-16(19-13(14)3)15-10-20(4)6-7-21(15)5/h11,15H,6-10,17H2,1-5H3. The topological polar surface area (TPSA) is 58.3 Å². The molecule has 0 radical (unpaired) electrons. The molecule has 1 saturated heterocycles. The highest BCUT2D eigenvalue weighted by Gasteiger charge is 2.27. The summed E-state index contributed by atoms with van der Waals surface area (Å²) in [5.41, 5.74) is 9.24. The molecule has 1 aliphatic heterocycles. The second-order valence-electron chi connectivity index (χ2n) is 6.53. The Morgan fingerprint density at radius 3 is 2.38 bits per heavy atom. The van der Waals surface area contributed by atoms with Crippen molar-refractivity contribution < 1.29 is 0 Å². The summed E-state index contributed by atoms with van der Waals surface area (Å²) in [6, 6.07) is 0.294. The lowest BCUT2D eigenvalue weighted by molar-refractivity contribution is 0.109. The molecule has 1 fully saturated rings. The largest absolute Gasteiger partial charge is 0.330 e. The molecule has 0 aromatic carbocycles. The Kier molecular flexibility index (Phi) is 5.30. The Morgan fingerprint density at radius 1 is 1.19 bits per heavy atom. The van der Waals surface area contributed by atoms with E-state index in [1.54, 1.807) is 0 Å². The molecule has 21 heavy (non-hydrogen) atoms. The van der Waals surface area contributed by atoms with Gasteiger partial charge < -0.3 is 10.6 Å². The summed E-state index contributed by atoms with van der Waals surface area (Å²) in [4.78, 5) is 14.3. The molecular formula is C16H29N5. The molecule has 2 rings (SSSR count). The first-order valence-corrected chi connectivity index (χ1v) is 7.85. The lowest BCUT2D eigenvalue weighted by Gasteiger charge is -2.37. The maximum Gasteiger partial charge on any atom is 0.147 e. The number of rotatable bonds is 4. The van der Waals surface area contributed by atoms with Crippen LogP contribution in [0.5, 0.6) is 0 Å².